The number of hydrogen-bond donors (Lipinski definition) is 1. The lowest BCUT2D eigenvalue weighted by Gasteiger charge is -2.30. The van der Waals surface area contributed by atoms with E-state index in [9.17, 15) is 9.59 Å². The van der Waals surface area contributed by atoms with Crippen molar-refractivity contribution in [3.63, 3.8) is 0 Å². The molecule has 5 nitrogen and oxygen atoms in total. The summed E-state index contributed by atoms with van der Waals surface area (Å²) in [4.78, 5) is 25.2. The van der Waals surface area contributed by atoms with Gasteiger partial charge in [0.1, 0.15) is 6.04 Å². The maximum Gasteiger partial charge on any atom is 0.318 e. The fourth-order valence-corrected chi connectivity index (χ4v) is 2.01. The number of Topliss-reactive ketones (excluding diaryl/α,β-unsaturated/α-hetero) is 1. The zero-order valence-corrected chi connectivity index (χ0v) is 10.9. The SMILES string of the molecule is CO[C@H](C)[C@H](NC(=O)N1CCCCC1)C(C)=O. The van der Waals surface area contributed by atoms with Gasteiger partial charge in [-0.1, -0.05) is 0 Å². The molecule has 1 aliphatic heterocycles. The Kier molecular flexibility index (Phi) is 5.41. The molecule has 1 saturated heterocycles. The van der Waals surface area contributed by atoms with Gasteiger partial charge in [-0.2, -0.15) is 0 Å². The van der Waals surface area contributed by atoms with Crippen LogP contribution in [0, 0.1) is 0 Å². The van der Waals surface area contributed by atoms with Gasteiger partial charge in [0.15, 0.2) is 5.78 Å². The molecule has 0 aromatic rings. The first kappa shape index (κ1) is 14.0. The maximum atomic E-state index is 11.9. The summed E-state index contributed by atoms with van der Waals surface area (Å²) in [5.41, 5.74) is 0. The van der Waals surface area contributed by atoms with Crippen molar-refractivity contribution in [2.24, 2.45) is 0 Å². The number of piperidine rings is 1. The standard InChI is InChI=1S/C12H22N2O3/c1-9(15)11(10(2)17-3)13-12(16)14-7-5-4-6-8-14/h10-11H,4-8H2,1-3H3,(H,13,16)/t10-,11-/m1/s1. The Balaban J connectivity index is 2.53. The van der Waals surface area contributed by atoms with Crippen LogP contribution in [0.1, 0.15) is 33.1 Å². The lowest BCUT2D eigenvalue weighted by Crippen LogP contribution is -2.53. The van der Waals surface area contributed by atoms with E-state index in [1.54, 1.807) is 11.8 Å². The van der Waals surface area contributed by atoms with E-state index in [1.807, 2.05) is 0 Å². The number of urea groups is 1. The summed E-state index contributed by atoms with van der Waals surface area (Å²) in [6.07, 6.45) is 2.95. The van der Waals surface area contributed by atoms with Gasteiger partial charge in [-0.15, -0.1) is 0 Å². The highest BCUT2D eigenvalue weighted by molar-refractivity contribution is 5.87. The van der Waals surface area contributed by atoms with Crippen LogP contribution in [0.25, 0.3) is 0 Å². The topological polar surface area (TPSA) is 58.6 Å². The molecule has 0 radical (unpaired) electrons. The molecule has 0 aromatic carbocycles. The summed E-state index contributed by atoms with van der Waals surface area (Å²) >= 11 is 0. The molecule has 5 heteroatoms. The lowest BCUT2D eigenvalue weighted by atomic mass is 10.1. The first-order valence-electron chi connectivity index (χ1n) is 6.15. The normalized spacial score (nSPS) is 19.6. The van der Waals surface area contributed by atoms with Crippen molar-refractivity contribution in [2.75, 3.05) is 20.2 Å². The molecule has 0 bridgehead atoms. The van der Waals surface area contributed by atoms with E-state index in [2.05, 4.69) is 5.32 Å². The second-order valence-electron chi connectivity index (χ2n) is 4.53. The van der Waals surface area contributed by atoms with Crippen LogP contribution < -0.4 is 5.32 Å². The Hall–Kier alpha value is -1.10. The highest BCUT2D eigenvalue weighted by atomic mass is 16.5. The third kappa shape index (κ3) is 4.00. The van der Waals surface area contributed by atoms with E-state index in [-0.39, 0.29) is 17.9 Å². The number of likely N-dealkylation sites (tertiary alicyclic amines) is 1. The summed E-state index contributed by atoms with van der Waals surface area (Å²) in [5.74, 6) is -0.0790. The van der Waals surface area contributed by atoms with Crippen LogP contribution in [0.5, 0.6) is 0 Å². The number of rotatable bonds is 4. The smallest absolute Gasteiger partial charge is 0.318 e. The van der Waals surface area contributed by atoms with Gasteiger partial charge in [0.25, 0.3) is 0 Å². The van der Waals surface area contributed by atoms with E-state index in [0.717, 1.165) is 25.9 Å². The van der Waals surface area contributed by atoms with E-state index in [4.69, 9.17) is 4.74 Å². The van der Waals surface area contributed by atoms with Crippen molar-refractivity contribution >= 4 is 11.8 Å². The molecule has 1 heterocycles. The summed E-state index contributed by atoms with van der Waals surface area (Å²) < 4.78 is 5.11. The van der Waals surface area contributed by atoms with E-state index >= 15 is 0 Å². The number of methoxy groups -OCH3 is 1. The Bertz CT molecular complexity index is 275. The van der Waals surface area contributed by atoms with Gasteiger partial charge < -0.3 is 15.0 Å². The summed E-state index contributed by atoms with van der Waals surface area (Å²) in [7, 11) is 1.54. The highest BCUT2D eigenvalue weighted by Crippen LogP contribution is 2.09. The van der Waals surface area contributed by atoms with E-state index < -0.39 is 6.04 Å². The average molecular weight is 242 g/mol. The highest BCUT2D eigenvalue weighted by Gasteiger charge is 2.26. The minimum atomic E-state index is -0.561. The Morgan fingerprint density at radius 1 is 1.24 bits per heavy atom. The molecule has 0 aliphatic carbocycles. The Morgan fingerprint density at radius 3 is 2.29 bits per heavy atom. The number of ketones is 1. The number of carbonyl (C=O) groups is 2. The summed E-state index contributed by atoms with van der Waals surface area (Å²) in [6, 6.07) is -0.719. The Morgan fingerprint density at radius 2 is 1.82 bits per heavy atom. The molecular formula is C12H22N2O3. The van der Waals surface area contributed by atoms with E-state index in [1.165, 1.54) is 20.5 Å². The van der Waals surface area contributed by atoms with Gasteiger partial charge in [0.05, 0.1) is 6.10 Å². The molecule has 0 saturated carbocycles. The van der Waals surface area contributed by atoms with Gasteiger partial charge in [-0.05, 0) is 33.1 Å². The van der Waals surface area contributed by atoms with Gasteiger partial charge in [-0.25, -0.2) is 4.79 Å². The molecule has 0 unspecified atom stereocenters. The number of amides is 2. The molecule has 0 spiro atoms. The van der Waals surface area contributed by atoms with Crippen molar-refractivity contribution in [1.82, 2.24) is 10.2 Å². The fourth-order valence-electron chi connectivity index (χ4n) is 2.01. The van der Waals surface area contributed by atoms with Crippen LogP contribution >= 0.6 is 0 Å². The minimum absolute atomic E-state index is 0.0790. The van der Waals surface area contributed by atoms with Crippen LogP contribution in [-0.2, 0) is 9.53 Å². The third-order valence-corrected chi connectivity index (χ3v) is 3.20. The monoisotopic (exact) mass is 242 g/mol. The van der Waals surface area contributed by atoms with Gasteiger partial charge in [0.2, 0.25) is 0 Å². The van der Waals surface area contributed by atoms with Crippen molar-refractivity contribution in [2.45, 2.75) is 45.3 Å². The van der Waals surface area contributed by atoms with Crippen LogP contribution in [0.15, 0.2) is 0 Å². The fraction of sp³-hybridized carbons (Fsp3) is 0.833. The van der Waals surface area contributed by atoms with Gasteiger partial charge in [-0.3, -0.25) is 4.79 Å². The minimum Gasteiger partial charge on any atom is -0.379 e. The van der Waals surface area contributed by atoms with Crippen molar-refractivity contribution < 1.29 is 14.3 Å². The second-order valence-corrected chi connectivity index (χ2v) is 4.53. The predicted octanol–water partition coefficient (Wildman–Crippen LogP) is 1.17. The predicted molar refractivity (Wildman–Crippen MR) is 64.9 cm³/mol. The number of hydrogen-bond acceptors (Lipinski definition) is 3. The Labute approximate surface area is 102 Å². The molecule has 2 amide bonds. The molecule has 17 heavy (non-hydrogen) atoms. The van der Waals surface area contributed by atoms with E-state index in [0.29, 0.717) is 0 Å². The molecule has 1 N–H and O–H groups in total. The first-order valence-corrected chi connectivity index (χ1v) is 6.15. The largest absolute Gasteiger partial charge is 0.379 e. The maximum absolute atomic E-state index is 11.9. The number of nitrogens with zero attached hydrogens (tertiary/aromatic N) is 1. The molecule has 2 atom stereocenters. The van der Waals surface area contributed by atoms with Crippen molar-refractivity contribution in [3.05, 3.63) is 0 Å². The number of carbonyl (C=O) groups excluding carboxylic acids is 2. The molecule has 0 aromatic heterocycles. The van der Waals surface area contributed by atoms with Crippen LogP contribution in [0.3, 0.4) is 0 Å². The van der Waals surface area contributed by atoms with Gasteiger partial charge in [0, 0.05) is 20.2 Å². The van der Waals surface area contributed by atoms with Crippen LogP contribution in [-0.4, -0.2) is 49.1 Å². The molecular weight excluding hydrogens is 220 g/mol. The molecule has 1 rings (SSSR count). The lowest BCUT2D eigenvalue weighted by molar-refractivity contribution is -0.121. The summed E-state index contributed by atoms with van der Waals surface area (Å²) in [6.45, 7) is 4.80. The molecule has 1 aliphatic rings. The number of ether oxygens (including phenoxy) is 1. The number of nitrogens with one attached hydrogen (secondary N) is 1. The van der Waals surface area contributed by atoms with Crippen molar-refractivity contribution in [3.8, 4) is 0 Å². The zero-order chi connectivity index (χ0) is 12.8. The third-order valence-electron chi connectivity index (χ3n) is 3.20. The molecule has 1 fully saturated rings. The second kappa shape index (κ2) is 6.59. The first-order chi connectivity index (χ1) is 8.06. The molecule has 98 valence electrons. The van der Waals surface area contributed by atoms with Crippen LogP contribution in [0.4, 0.5) is 4.79 Å². The average Bonchev–Trinajstić information content (AvgIpc) is 2.35. The quantitative estimate of drug-likeness (QED) is 0.805. The summed E-state index contributed by atoms with van der Waals surface area (Å²) in [5, 5.41) is 2.75. The van der Waals surface area contributed by atoms with Crippen LogP contribution in [0.2, 0.25) is 0 Å². The van der Waals surface area contributed by atoms with Crippen molar-refractivity contribution in [1.29, 1.82) is 0 Å². The zero-order valence-electron chi connectivity index (χ0n) is 10.9. The van der Waals surface area contributed by atoms with Gasteiger partial charge >= 0.3 is 6.03 Å².